The summed E-state index contributed by atoms with van der Waals surface area (Å²) in [4.78, 5) is 24.9. The van der Waals surface area contributed by atoms with Gasteiger partial charge in [0.2, 0.25) is 12.1 Å². The summed E-state index contributed by atoms with van der Waals surface area (Å²) >= 11 is 0. The molecular formula is C36H72N2O13. The van der Waals surface area contributed by atoms with E-state index in [0.717, 1.165) is 64.2 Å². The highest BCUT2D eigenvalue weighted by molar-refractivity contribution is 5.66. The van der Waals surface area contributed by atoms with E-state index in [9.17, 15) is 14.9 Å². The lowest BCUT2D eigenvalue weighted by atomic mass is 9.72. The van der Waals surface area contributed by atoms with Crippen LogP contribution in [0.3, 0.4) is 0 Å². The molecule has 0 aromatic rings. The number of carbonyl (C=O) groups is 1. The van der Waals surface area contributed by atoms with E-state index in [1.54, 1.807) is 0 Å². The largest absolute Gasteiger partial charge is 0.481 e. The van der Waals surface area contributed by atoms with E-state index in [1.807, 2.05) is 0 Å². The molecule has 0 aliphatic carbocycles. The molecule has 0 aliphatic heterocycles. The van der Waals surface area contributed by atoms with Gasteiger partial charge in [-0.2, -0.15) is 0 Å². The van der Waals surface area contributed by atoms with E-state index in [4.69, 9.17) is 57.6 Å². The number of nitrogens with zero attached hydrogens (tertiary/aromatic N) is 2. The highest BCUT2D eigenvalue weighted by Gasteiger charge is 2.40. The number of carboxylic acids is 1. The topological polar surface area (TPSA) is 267 Å². The maximum atomic E-state index is 11.1. The maximum absolute atomic E-state index is 11.1. The Morgan fingerprint density at radius 3 is 0.961 bits per heavy atom. The van der Waals surface area contributed by atoms with E-state index in [-0.39, 0.29) is 101 Å². The first kappa shape index (κ1) is 53.4. The minimum absolute atomic E-state index is 0.0126. The first-order valence-corrected chi connectivity index (χ1v) is 18.6. The fourth-order valence-electron chi connectivity index (χ4n) is 6.76. The molecule has 51 heavy (non-hydrogen) atoms. The molecule has 0 unspecified atom stereocenters. The first-order valence-electron chi connectivity index (χ1n) is 18.6. The molecule has 0 heterocycles. The van der Waals surface area contributed by atoms with Crippen molar-refractivity contribution in [2.45, 2.75) is 140 Å². The van der Waals surface area contributed by atoms with Crippen molar-refractivity contribution in [1.82, 2.24) is 0 Å². The van der Waals surface area contributed by atoms with Crippen molar-refractivity contribution in [2.24, 2.45) is 10.8 Å². The molecule has 10 N–H and O–H groups in total. The van der Waals surface area contributed by atoms with Crippen molar-refractivity contribution >= 4 is 5.97 Å². The summed E-state index contributed by atoms with van der Waals surface area (Å²) in [6.45, 7) is 7.92. The summed E-state index contributed by atoms with van der Waals surface area (Å²) in [5.74, 6) is -0.823. The second-order valence-corrected chi connectivity index (χ2v) is 13.5. The smallest absolute Gasteiger partial charge is 0.303 e. The number of hydrogen-bond acceptors (Lipinski definition) is 12. The molecule has 0 atom stereocenters. The minimum Gasteiger partial charge on any atom is -0.481 e. The van der Waals surface area contributed by atoms with E-state index in [0.29, 0.717) is 51.5 Å². The molecule has 0 radical (unpaired) electrons. The Bertz CT molecular complexity index is 777. The fourth-order valence-corrected chi connectivity index (χ4v) is 6.76. The molecule has 0 amide bonds. The van der Waals surface area contributed by atoms with Crippen LogP contribution < -0.4 is 0 Å². The molecule has 304 valence electrons. The average Bonchev–Trinajstić information content (AvgIpc) is 3.13. The molecule has 0 spiro atoms. The third-order valence-electron chi connectivity index (χ3n) is 9.60. The quantitative estimate of drug-likeness (QED) is 0.0264. The van der Waals surface area contributed by atoms with E-state index in [2.05, 4.69) is 4.85 Å². The van der Waals surface area contributed by atoms with Gasteiger partial charge >= 0.3 is 5.97 Å². The van der Waals surface area contributed by atoms with Gasteiger partial charge in [-0.3, -0.25) is 14.9 Å². The van der Waals surface area contributed by atoms with Gasteiger partial charge in [0.1, 0.15) is 0 Å². The van der Waals surface area contributed by atoms with Crippen LogP contribution in [0.4, 0.5) is 0 Å². The van der Waals surface area contributed by atoms with Crippen LogP contribution >= 0.6 is 0 Å². The lowest BCUT2D eigenvalue weighted by Crippen LogP contribution is -2.39. The van der Waals surface area contributed by atoms with Gasteiger partial charge in [-0.25, -0.2) is 6.57 Å². The zero-order chi connectivity index (χ0) is 39.3. The summed E-state index contributed by atoms with van der Waals surface area (Å²) < 4.78 is 0. The van der Waals surface area contributed by atoms with Crippen LogP contribution in [0.15, 0.2) is 0 Å². The molecule has 15 nitrogen and oxygen atoms in total. The Kier molecular flexibility index (Phi) is 38.0. The Morgan fingerprint density at radius 1 is 0.490 bits per heavy atom. The van der Waals surface area contributed by atoms with Gasteiger partial charge in [-0.05, 0) is 114 Å². The van der Waals surface area contributed by atoms with Gasteiger partial charge in [-0.1, -0.05) is 0 Å². The SMILES string of the molecule is O=C(O)CCC(CCCO)(CCCO)CCCO.O=[N+]([O-])C(CCCO)(CCCO)CCCO.[C-]#[N+]CCC(CCCO)(CCCO)CCCO. The Hall–Kier alpha value is -2.00. The molecule has 15 heteroatoms. The van der Waals surface area contributed by atoms with Crippen LogP contribution in [0.5, 0.6) is 0 Å². The Morgan fingerprint density at radius 2 is 0.745 bits per heavy atom. The van der Waals surface area contributed by atoms with Gasteiger partial charge in [0.15, 0.2) is 0 Å². The van der Waals surface area contributed by atoms with Crippen molar-refractivity contribution < 1.29 is 60.8 Å². The van der Waals surface area contributed by atoms with Crippen LogP contribution in [0.2, 0.25) is 0 Å². The Labute approximate surface area is 305 Å². The second kappa shape index (κ2) is 36.4. The van der Waals surface area contributed by atoms with Crippen molar-refractivity contribution in [2.75, 3.05) is 66.0 Å². The first-order chi connectivity index (χ1) is 24.5. The molecule has 0 aromatic heterocycles. The molecule has 0 rings (SSSR count). The van der Waals surface area contributed by atoms with E-state index in [1.165, 1.54) is 0 Å². The zero-order valence-corrected chi connectivity index (χ0v) is 31.0. The number of aliphatic hydroxyl groups is 9. The van der Waals surface area contributed by atoms with Gasteiger partial charge in [-0.15, -0.1) is 0 Å². The summed E-state index contributed by atoms with van der Waals surface area (Å²) in [6, 6.07) is 0. The molecule has 0 saturated carbocycles. The van der Waals surface area contributed by atoms with Gasteiger partial charge in [0.05, 0.1) is 0 Å². The summed E-state index contributed by atoms with van der Waals surface area (Å²) in [5, 5.41) is 99.8. The summed E-state index contributed by atoms with van der Waals surface area (Å²) in [7, 11) is 0. The van der Waals surface area contributed by atoms with Gasteiger partial charge in [0.25, 0.3) is 0 Å². The van der Waals surface area contributed by atoms with Crippen LogP contribution in [0, 0.1) is 27.5 Å². The number of carboxylic acid groups (broad SMARTS) is 1. The number of rotatable bonds is 33. The molecule has 0 bridgehead atoms. The monoisotopic (exact) mass is 741 g/mol. The lowest BCUT2D eigenvalue weighted by molar-refractivity contribution is -0.574. The highest BCUT2D eigenvalue weighted by atomic mass is 16.6. The second-order valence-electron chi connectivity index (χ2n) is 13.5. The van der Waals surface area contributed by atoms with Crippen molar-refractivity contribution in [1.29, 1.82) is 0 Å². The number of hydrogen-bond donors (Lipinski definition) is 10. The van der Waals surface area contributed by atoms with Crippen LogP contribution in [-0.4, -0.2) is 134 Å². The number of aliphatic carboxylic acids is 1. The fraction of sp³-hybridized carbons (Fsp3) is 0.944. The summed E-state index contributed by atoms with van der Waals surface area (Å²) in [6.07, 6.45) is 12.4. The summed E-state index contributed by atoms with van der Waals surface area (Å²) in [5.41, 5.74) is -1.26. The molecule has 0 fully saturated rings. The van der Waals surface area contributed by atoms with Crippen molar-refractivity contribution in [3.8, 4) is 0 Å². The van der Waals surface area contributed by atoms with Gasteiger partial charge in [0, 0.05) is 96.5 Å². The number of nitro groups is 1. The van der Waals surface area contributed by atoms with E-state index < -0.39 is 11.5 Å². The predicted molar refractivity (Wildman–Crippen MR) is 194 cm³/mol. The van der Waals surface area contributed by atoms with E-state index >= 15 is 0 Å². The van der Waals surface area contributed by atoms with Crippen molar-refractivity contribution in [3.63, 3.8) is 0 Å². The minimum atomic E-state index is -1.10. The molecule has 0 aromatic carbocycles. The van der Waals surface area contributed by atoms with Gasteiger partial charge < -0.3 is 55.9 Å². The highest BCUT2D eigenvalue weighted by Crippen LogP contribution is 2.40. The molecular weight excluding hydrogens is 668 g/mol. The maximum Gasteiger partial charge on any atom is 0.303 e. The zero-order valence-electron chi connectivity index (χ0n) is 31.0. The standard InChI is InChI=1S/C13H25NO3.C13H26O5.C10H21NO5/c1-14-9-8-13(5-2-10-15,6-3-11-16)7-4-12-17;14-9-1-5-13(6-2-10-15,7-3-11-16)8-4-12(17)18;12-7-1-4-10(11(15)16,5-2-8-13)6-3-9-14/h15-17H,2-12H2;14-16H,1-11H2,(H,17,18);12-14H,1-9H2. The third kappa shape index (κ3) is 28.2. The molecule has 0 aliphatic rings. The normalized spacial score (nSPS) is 11.6. The Balaban J connectivity index is -0.000000679. The van der Waals surface area contributed by atoms with Crippen LogP contribution in [-0.2, 0) is 4.79 Å². The predicted octanol–water partition coefficient (Wildman–Crippen LogP) is 3.07. The lowest BCUT2D eigenvalue weighted by Gasteiger charge is -2.33. The number of aliphatic hydroxyl groups excluding tert-OH is 9. The van der Waals surface area contributed by atoms with Crippen LogP contribution in [0.1, 0.15) is 135 Å². The molecule has 0 saturated heterocycles. The average molecular weight is 741 g/mol. The van der Waals surface area contributed by atoms with Crippen molar-refractivity contribution in [3.05, 3.63) is 21.5 Å². The van der Waals surface area contributed by atoms with Crippen LogP contribution in [0.25, 0.3) is 4.85 Å². The third-order valence-corrected chi connectivity index (χ3v) is 9.60.